The molecule has 0 saturated heterocycles. The predicted octanol–water partition coefficient (Wildman–Crippen LogP) is 4.71. The molecule has 19 heavy (non-hydrogen) atoms. The van der Waals surface area contributed by atoms with Crippen LogP contribution in [0.25, 0.3) is 0 Å². The molecule has 0 unspecified atom stereocenters. The summed E-state index contributed by atoms with van der Waals surface area (Å²) in [6, 6.07) is 13.5. The van der Waals surface area contributed by atoms with E-state index < -0.39 is 0 Å². The van der Waals surface area contributed by atoms with Crippen molar-refractivity contribution in [3.8, 4) is 17.6 Å². The maximum absolute atomic E-state index is 8.93. The van der Waals surface area contributed by atoms with E-state index in [9.17, 15) is 0 Å². The fourth-order valence-corrected chi connectivity index (χ4v) is 2.15. The minimum Gasteiger partial charge on any atom is -0.457 e. The van der Waals surface area contributed by atoms with Gasteiger partial charge in [-0.1, -0.05) is 12.1 Å². The molecule has 0 saturated carbocycles. The average molecular weight is 272 g/mol. The number of hydrogen-bond donors (Lipinski definition) is 0. The van der Waals surface area contributed by atoms with Crippen molar-refractivity contribution in [2.45, 2.75) is 19.7 Å². The maximum atomic E-state index is 8.93. The van der Waals surface area contributed by atoms with E-state index in [4.69, 9.17) is 21.6 Å². The standard InChI is InChI=1S/C16H14ClNO/c1-11-6-14(10-18)7-12(2)16(11)19-15-5-3-4-13(8-15)9-17/h3-8H,9H2,1-2H3. The van der Waals surface area contributed by atoms with E-state index in [2.05, 4.69) is 6.07 Å². The molecule has 0 aliphatic heterocycles. The Hall–Kier alpha value is -1.98. The Bertz CT molecular complexity index is 620. The first-order valence-electron chi connectivity index (χ1n) is 5.98. The topological polar surface area (TPSA) is 33.0 Å². The first-order chi connectivity index (χ1) is 9.13. The Kier molecular flexibility index (Phi) is 4.09. The number of ether oxygens (including phenoxy) is 1. The second-order valence-corrected chi connectivity index (χ2v) is 4.70. The largest absolute Gasteiger partial charge is 0.457 e. The van der Waals surface area contributed by atoms with E-state index in [-0.39, 0.29) is 0 Å². The van der Waals surface area contributed by atoms with Crippen LogP contribution < -0.4 is 4.74 Å². The van der Waals surface area contributed by atoms with Gasteiger partial charge in [-0.3, -0.25) is 0 Å². The second-order valence-electron chi connectivity index (χ2n) is 4.43. The summed E-state index contributed by atoms with van der Waals surface area (Å²) < 4.78 is 5.91. The first kappa shape index (κ1) is 13.5. The van der Waals surface area contributed by atoms with Crippen LogP contribution in [0.1, 0.15) is 22.3 Å². The van der Waals surface area contributed by atoms with Gasteiger partial charge in [0.05, 0.1) is 11.6 Å². The number of aryl methyl sites for hydroxylation is 2. The van der Waals surface area contributed by atoms with Crippen molar-refractivity contribution in [3.05, 3.63) is 58.7 Å². The summed E-state index contributed by atoms with van der Waals surface area (Å²) in [5, 5.41) is 8.93. The van der Waals surface area contributed by atoms with Crippen molar-refractivity contribution in [2.24, 2.45) is 0 Å². The molecule has 2 aromatic rings. The Balaban J connectivity index is 2.36. The number of alkyl halides is 1. The summed E-state index contributed by atoms with van der Waals surface area (Å²) >= 11 is 5.81. The van der Waals surface area contributed by atoms with Gasteiger partial charge in [0.15, 0.2) is 0 Å². The molecule has 96 valence electrons. The van der Waals surface area contributed by atoms with Crippen molar-refractivity contribution in [1.29, 1.82) is 5.26 Å². The molecule has 0 aliphatic rings. The van der Waals surface area contributed by atoms with E-state index in [1.54, 1.807) is 0 Å². The van der Waals surface area contributed by atoms with Gasteiger partial charge in [0.1, 0.15) is 11.5 Å². The molecule has 0 spiro atoms. The molecule has 0 bridgehead atoms. The highest BCUT2D eigenvalue weighted by Crippen LogP contribution is 2.30. The van der Waals surface area contributed by atoms with Gasteiger partial charge >= 0.3 is 0 Å². The number of hydrogen-bond acceptors (Lipinski definition) is 2. The van der Waals surface area contributed by atoms with Gasteiger partial charge in [0.2, 0.25) is 0 Å². The van der Waals surface area contributed by atoms with Gasteiger partial charge in [-0.25, -0.2) is 0 Å². The van der Waals surface area contributed by atoms with Crippen LogP contribution in [0.2, 0.25) is 0 Å². The van der Waals surface area contributed by atoms with Crippen molar-refractivity contribution >= 4 is 11.6 Å². The van der Waals surface area contributed by atoms with Crippen LogP contribution in [-0.4, -0.2) is 0 Å². The quantitative estimate of drug-likeness (QED) is 0.758. The molecule has 0 aliphatic carbocycles. The zero-order valence-electron chi connectivity index (χ0n) is 10.9. The van der Waals surface area contributed by atoms with Gasteiger partial charge in [-0.15, -0.1) is 11.6 Å². The van der Waals surface area contributed by atoms with Gasteiger partial charge in [0, 0.05) is 5.88 Å². The number of nitrogens with zero attached hydrogens (tertiary/aromatic N) is 1. The van der Waals surface area contributed by atoms with Crippen LogP contribution >= 0.6 is 11.6 Å². The lowest BCUT2D eigenvalue weighted by Gasteiger charge is -2.12. The molecule has 3 heteroatoms. The zero-order valence-corrected chi connectivity index (χ0v) is 11.7. The SMILES string of the molecule is Cc1cc(C#N)cc(C)c1Oc1cccc(CCl)c1. The lowest BCUT2D eigenvalue weighted by molar-refractivity contribution is 0.474. The van der Waals surface area contributed by atoms with E-state index in [1.165, 1.54) is 0 Å². The highest BCUT2D eigenvalue weighted by Gasteiger charge is 2.08. The van der Waals surface area contributed by atoms with E-state index >= 15 is 0 Å². The van der Waals surface area contributed by atoms with E-state index in [0.717, 1.165) is 28.2 Å². The van der Waals surface area contributed by atoms with Gasteiger partial charge in [-0.2, -0.15) is 5.26 Å². The fraction of sp³-hybridized carbons (Fsp3) is 0.188. The van der Waals surface area contributed by atoms with Gasteiger partial charge in [0.25, 0.3) is 0 Å². The van der Waals surface area contributed by atoms with Crippen LogP contribution in [0, 0.1) is 25.2 Å². The third kappa shape index (κ3) is 3.07. The zero-order chi connectivity index (χ0) is 13.8. The lowest BCUT2D eigenvalue weighted by atomic mass is 10.1. The summed E-state index contributed by atoms with van der Waals surface area (Å²) in [5.74, 6) is 2.02. The number of rotatable bonds is 3. The molecule has 0 heterocycles. The van der Waals surface area contributed by atoms with Crippen molar-refractivity contribution in [3.63, 3.8) is 0 Å². The van der Waals surface area contributed by atoms with Gasteiger partial charge < -0.3 is 4.74 Å². The molecule has 0 radical (unpaired) electrons. The maximum Gasteiger partial charge on any atom is 0.133 e. The highest BCUT2D eigenvalue weighted by atomic mass is 35.5. The average Bonchev–Trinajstić information content (AvgIpc) is 2.42. The van der Waals surface area contributed by atoms with Crippen molar-refractivity contribution in [1.82, 2.24) is 0 Å². The van der Waals surface area contributed by atoms with Crippen molar-refractivity contribution in [2.75, 3.05) is 0 Å². The molecule has 0 fully saturated rings. The Morgan fingerprint density at radius 3 is 2.42 bits per heavy atom. The second kappa shape index (κ2) is 5.77. The predicted molar refractivity (Wildman–Crippen MR) is 76.7 cm³/mol. The molecular formula is C16H14ClNO. The molecule has 2 aromatic carbocycles. The summed E-state index contributed by atoms with van der Waals surface area (Å²) in [5.41, 5.74) is 3.57. The fourth-order valence-electron chi connectivity index (χ4n) is 1.99. The number of halogens is 1. The molecule has 2 rings (SSSR count). The first-order valence-corrected chi connectivity index (χ1v) is 6.51. The Morgan fingerprint density at radius 2 is 1.84 bits per heavy atom. The highest BCUT2D eigenvalue weighted by molar-refractivity contribution is 6.17. The normalized spacial score (nSPS) is 10.0. The summed E-state index contributed by atoms with van der Waals surface area (Å²) in [6.07, 6.45) is 0. The molecule has 0 amide bonds. The third-order valence-electron chi connectivity index (χ3n) is 2.86. The minimum atomic E-state index is 0.461. The van der Waals surface area contributed by atoms with Crippen molar-refractivity contribution < 1.29 is 4.74 Å². The molecular weight excluding hydrogens is 258 g/mol. The Morgan fingerprint density at radius 1 is 1.16 bits per heavy atom. The Labute approximate surface area is 118 Å². The van der Waals surface area contributed by atoms with E-state index in [1.807, 2.05) is 50.2 Å². The molecule has 2 nitrogen and oxygen atoms in total. The minimum absolute atomic E-state index is 0.461. The lowest BCUT2D eigenvalue weighted by Crippen LogP contribution is -1.93. The van der Waals surface area contributed by atoms with Gasteiger partial charge in [-0.05, 0) is 54.8 Å². The van der Waals surface area contributed by atoms with Crippen LogP contribution in [0.15, 0.2) is 36.4 Å². The molecule has 0 N–H and O–H groups in total. The van der Waals surface area contributed by atoms with E-state index in [0.29, 0.717) is 11.4 Å². The number of nitriles is 1. The summed E-state index contributed by atoms with van der Waals surface area (Å²) in [4.78, 5) is 0. The van der Waals surface area contributed by atoms with Crippen LogP contribution in [0.3, 0.4) is 0 Å². The van der Waals surface area contributed by atoms with Crippen LogP contribution in [0.5, 0.6) is 11.5 Å². The summed E-state index contributed by atoms with van der Waals surface area (Å²) in [6.45, 7) is 3.88. The third-order valence-corrected chi connectivity index (χ3v) is 3.17. The smallest absolute Gasteiger partial charge is 0.133 e. The van der Waals surface area contributed by atoms with Crippen LogP contribution in [-0.2, 0) is 5.88 Å². The monoisotopic (exact) mass is 271 g/mol. The summed E-state index contributed by atoms with van der Waals surface area (Å²) in [7, 11) is 0. The molecule has 0 atom stereocenters. The molecule has 0 aromatic heterocycles. The number of benzene rings is 2. The van der Waals surface area contributed by atoms with Crippen LogP contribution in [0.4, 0.5) is 0 Å².